The van der Waals surface area contributed by atoms with Crippen molar-refractivity contribution in [2.24, 2.45) is 0 Å². The molecule has 4 heterocycles. The summed E-state index contributed by atoms with van der Waals surface area (Å²) in [6.07, 6.45) is 13.5. The molecule has 1 aliphatic rings. The zero-order chi connectivity index (χ0) is 41.3. The Morgan fingerprint density at radius 1 is 0.881 bits per heavy atom. The fourth-order valence-electron chi connectivity index (χ4n) is 8.28. The van der Waals surface area contributed by atoms with Crippen LogP contribution in [0.4, 0.5) is 15.8 Å². The number of H-pyrrole nitrogens is 1. The third-order valence-electron chi connectivity index (χ3n) is 11.7. The standard InChI is InChI=1S/C49H58FN9/c1-7-51-34(2)19-20-36(4)59-37(5)42-26-23-40(32-44(42)38(59)6)52-27-15-11-9-8-10-12-16-35(3)57-28-30-58(31-29-57)41-24-21-39(22-25-41)47-48-46(55-56-47)33-53-49(54-48)43-17-13-14-18-45(43)50/h7,13-14,17-18,21-26,32-33,36,51-52H,1-3,5-6,8-12,15-16,19-20,27-31H2,4H3,(H,55,56). The summed E-state index contributed by atoms with van der Waals surface area (Å²) >= 11 is 0. The number of rotatable bonds is 20. The number of anilines is 2. The molecule has 1 aliphatic heterocycles. The highest BCUT2D eigenvalue weighted by Gasteiger charge is 2.20. The first-order valence-corrected chi connectivity index (χ1v) is 21.1. The van der Waals surface area contributed by atoms with Crippen LogP contribution in [0.2, 0.25) is 0 Å². The van der Waals surface area contributed by atoms with Gasteiger partial charge in [0.25, 0.3) is 0 Å². The van der Waals surface area contributed by atoms with Crippen molar-refractivity contribution >= 4 is 46.3 Å². The van der Waals surface area contributed by atoms with Crippen LogP contribution < -0.4 is 26.2 Å². The molecule has 1 unspecified atom stereocenters. The van der Waals surface area contributed by atoms with Gasteiger partial charge in [0.1, 0.15) is 22.5 Å². The van der Waals surface area contributed by atoms with Crippen LogP contribution in [0.25, 0.3) is 57.6 Å². The molecule has 0 aliphatic carbocycles. The molecule has 59 heavy (non-hydrogen) atoms. The van der Waals surface area contributed by atoms with E-state index in [9.17, 15) is 4.39 Å². The van der Waals surface area contributed by atoms with E-state index in [0.717, 1.165) is 91.7 Å². The fraction of sp³-hybridized carbons (Fsp3) is 0.327. The molecule has 3 N–H and O–H groups in total. The van der Waals surface area contributed by atoms with Crippen LogP contribution in [0, 0.1) is 5.82 Å². The molecule has 9 nitrogen and oxygen atoms in total. The predicted molar refractivity (Wildman–Crippen MR) is 245 cm³/mol. The molecule has 0 amide bonds. The third kappa shape index (κ3) is 9.60. The average Bonchev–Trinajstić information content (AvgIpc) is 3.79. The molecule has 1 atom stereocenters. The molecule has 0 radical (unpaired) electrons. The first-order valence-electron chi connectivity index (χ1n) is 21.1. The van der Waals surface area contributed by atoms with Crippen molar-refractivity contribution in [3.63, 3.8) is 0 Å². The van der Waals surface area contributed by atoms with Gasteiger partial charge >= 0.3 is 0 Å². The van der Waals surface area contributed by atoms with Gasteiger partial charge in [-0.1, -0.05) is 88.9 Å². The molecular formula is C49H58FN9. The number of halogens is 1. The predicted octanol–water partition coefficient (Wildman–Crippen LogP) is 9.67. The highest BCUT2D eigenvalue weighted by molar-refractivity contribution is 5.90. The summed E-state index contributed by atoms with van der Waals surface area (Å²) in [6.45, 7) is 28.1. The minimum absolute atomic E-state index is 0.271. The summed E-state index contributed by atoms with van der Waals surface area (Å²) < 4.78 is 16.7. The van der Waals surface area contributed by atoms with E-state index in [0.29, 0.717) is 22.4 Å². The maximum atomic E-state index is 14.4. The van der Waals surface area contributed by atoms with Gasteiger partial charge in [-0.15, -0.1) is 0 Å². The number of benzene rings is 3. The molecule has 306 valence electrons. The van der Waals surface area contributed by atoms with Gasteiger partial charge in [-0.3, -0.25) is 5.10 Å². The second-order valence-electron chi connectivity index (χ2n) is 15.8. The lowest BCUT2D eigenvalue weighted by Crippen LogP contribution is -2.45. The van der Waals surface area contributed by atoms with Gasteiger partial charge in [-0.25, -0.2) is 14.4 Å². The van der Waals surface area contributed by atoms with Gasteiger partial charge in [-0.05, 0) is 81.6 Å². The van der Waals surface area contributed by atoms with Gasteiger partial charge < -0.3 is 25.0 Å². The molecule has 1 fully saturated rings. The lowest BCUT2D eigenvalue weighted by atomic mass is 10.1. The lowest BCUT2D eigenvalue weighted by molar-refractivity contribution is 0.309. The van der Waals surface area contributed by atoms with E-state index in [2.05, 4.69) is 127 Å². The second kappa shape index (κ2) is 19.1. The summed E-state index contributed by atoms with van der Waals surface area (Å²) in [6, 6.07) is 21.9. The van der Waals surface area contributed by atoms with Gasteiger partial charge in [-0.2, -0.15) is 5.10 Å². The number of piperazine rings is 1. The highest BCUT2D eigenvalue weighted by atomic mass is 19.1. The monoisotopic (exact) mass is 791 g/mol. The average molecular weight is 792 g/mol. The van der Waals surface area contributed by atoms with E-state index in [-0.39, 0.29) is 11.9 Å². The fourth-order valence-corrected chi connectivity index (χ4v) is 8.28. The number of nitrogens with one attached hydrogen (secondary N) is 3. The number of nitrogens with zero attached hydrogens (tertiary/aromatic N) is 6. The Morgan fingerprint density at radius 3 is 2.37 bits per heavy atom. The lowest BCUT2D eigenvalue weighted by Gasteiger charge is -2.38. The molecule has 1 saturated heterocycles. The Morgan fingerprint density at radius 2 is 1.61 bits per heavy atom. The first kappa shape index (κ1) is 41.0. The number of aromatic nitrogens is 5. The van der Waals surface area contributed by atoms with E-state index >= 15 is 0 Å². The minimum Gasteiger partial charge on any atom is -0.385 e. The van der Waals surface area contributed by atoms with Crippen molar-refractivity contribution in [1.29, 1.82) is 0 Å². The Hall–Kier alpha value is -6.16. The molecular weight excluding hydrogens is 734 g/mol. The SMILES string of the molecule is C=CNC(=C)CCC(C)n1c(=C)c2ccc(NCCCCCCCCC(=C)N3CCN(c4ccc(-c5n[nH]c6cnc(-c7ccccc7F)nc56)cc4)CC3)cc2c1=C. The normalized spacial score (nSPS) is 13.5. The van der Waals surface area contributed by atoms with Crippen molar-refractivity contribution in [1.82, 2.24) is 34.9 Å². The van der Waals surface area contributed by atoms with Crippen LogP contribution in [-0.2, 0) is 0 Å². The van der Waals surface area contributed by atoms with Crippen LogP contribution in [0.1, 0.15) is 70.8 Å². The number of aromatic amines is 1. The zero-order valence-corrected chi connectivity index (χ0v) is 34.6. The van der Waals surface area contributed by atoms with Crippen molar-refractivity contribution in [2.75, 3.05) is 42.9 Å². The number of hydrogen-bond acceptors (Lipinski definition) is 7. The number of fused-ring (bicyclic) bond motifs is 2. The molecule has 0 spiro atoms. The minimum atomic E-state index is -0.349. The van der Waals surface area contributed by atoms with Crippen LogP contribution in [0.5, 0.6) is 0 Å². The summed E-state index contributed by atoms with van der Waals surface area (Å²) in [4.78, 5) is 13.9. The van der Waals surface area contributed by atoms with Crippen molar-refractivity contribution in [3.8, 4) is 22.6 Å². The van der Waals surface area contributed by atoms with Gasteiger partial charge in [0.05, 0.1) is 11.8 Å². The largest absolute Gasteiger partial charge is 0.385 e. The van der Waals surface area contributed by atoms with E-state index in [1.165, 1.54) is 60.3 Å². The van der Waals surface area contributed by atoms with Crippen molar-refractivity contribution in [3.05, 3.63) is 127 Å². The summed E-state index contributed by atoms with van der Waals surface area (Å²) in [5.41, 5.74) is 7.99. The Bertz CT molecular complexity index is 2510. The Kier molecular flexibility index (Phi) is 13.3. The first-order chi connectivity index (χ1) is 28.7. The Balaban J connectivity index is 0.785. The quantitative estimate of drug-likeness (QED) is 0.0664. The third-order valence-corrected chi connectivity index (χ3v) is 11.7. The van der Waals surface area contributed by atoms with Crippen LogP contribution >= 0.6 is 0 Å². The maximum absolute atomic E-state index is 14.4. The molecule has 0 bridgehead atoms. The highest BCUT2D eigenvalue weighted by Crippen LogP contribution is 2.30. The molecule has 7 rings (SSSR count). The van der Waals surface area contributed by atoms with E-state index in [4.69, 9.17) is 0 Å². The summed E-state index contributed by atoms with van der Waals surface area (Å²) in [5, 5.41) is 18.7. The topological polar surface area (TPSA) is 89.9 Å². The van der Waals surface area contributed by atoms with E-state index < -0.39 is 0 Å². The Labute approximate surface area is 347 Å². The number of unbranched alkanes of at least 4 members (excludes halogenated alkanes) is 5. The van der Waals surface area contributed by atoms with E-state index in [1.54, 1.807) is 30.6 Å². The number of allylic oxidation sites excluding steroid dienone is 2. The van der Waals surface area contributed by atoms with Crippen LogP contribution in [0.15, 0.2) is 110 Å². The van der Waals surface area contributed by atoms with Crippen molar-refractivity contribution in [2.45, 2.75) is 70.8 Å². The number of hydrogen-bond donors (Lipinski definition) is 3. The summed E-state index contributed by atoms with van der Waals surface area (Å²) in [5.74, 6) is -0.00548. The molecule has 0 saturated carbocycles. The zero-order valence-electron chi connectivity index (χ0n) is 34.6. The summed E-state index contributed by atoms with van der Waals surface area (Å²) in [7, 11) is 0. The van der Waals surface area contributed by atoms with Crippen LogP contribution in [0.3, 0.4) is 0 Å². The maximum Gasteiger partial charge on any atom is 0.162 e. The second-order valence-corrected chi connectivity index (χ2v) is 15.8. The molecule has 10 heteroatoms. The smallest absolute Gasteiger partial charge is 0.162 e. The van der Waals surface area contributed by atoms with Gasteiger partial charge in [0.15, 0.2) is 5.82 Å². The van der Waals surface area contributed by atoms with Gasteiger partial charge in [0, 0.05) is 88.6 Å². The van der Waals surface area contributed by atoms with Gasteiger partial charge in [0.2, 0.25) is 0 Å². The van der Waals surface area contributed by atoms with Crippen molar-refractivity contribution < 1.29 is 4.39 Å². The molecule has 6 aromatic rings. The molecule has 3 aromatic carbocycles. The van der Waals surface area contributed by atoms with Crippen LogP contribution in [-0.4, -0.2) is 62.4 Å². The van der Waals surface area contributed by atoms with E-state index in [1.807, 2.05) is 0 Å². The molecule has 3 aromatic heterocycles.